The minimum atomic E-state index is -0.416. The molecule has 1 amide bonds. The first-order valence-electron chi connectivity index (χ1n) is 5.27. The van der Waals surface area contributed by atoms with Gasteiger partial charge in [-0.3, -0.25) is 14.5 Å². The smallest absolute Gasteiger partial charge is 0.239 e. The number of nitrogens with one attached hydrogen (secondary N) is 1. The molecule has 2 aromatic rings. The summed E-state index contributed by atoms with van der Waals surface area (Å²) in [5, 5.41) is 7.20. The van der Waals surface area contributed by atoms with Crippen LogP contribution < -0.4 is 11.1 Å². The summed E-state index contributed by atoms with van der Waals surface area (Å²) < 4.78 is 2.43. The quantitative estimate of drug-likeness (QED) is 0.867. The molecule has 0 aliphatic heterocycles. The molecule has 0 saturated heterocycles. The second kappa shape index (κ2) is 5.63. The zero-order valence-corrected chi connectivity index (χ0v) is 11.1. The molecule has 2 rings (SSSR count). The van der Waals surface area contributed by atoms with E-state index in [0.29, 0.717) is 6.54 Å². The fourth-order valence-electron chi connectivity index (χ4n) is 1.46. The fraction of sp³-hybridized carbons (Fsp3) is 0.182. The van der Waals surface area contributed by atoms with Crippen molar-refractivity contribution in [3.63, 3.8) is 0 Å². The summed E-state index contributed by atoms with van der Waals surface area (Å²) in [5.41, 5.74) is 6.96. The SMILES string of the molecule is NC(=O)Cn1cc(NCc2cncc(Br)c2)cn1. The number of anilines is 1. The Balaban J connectivity index is 1.94. The molecule has 94 valence electrons. The molecule has 0 spiro atoms. The van der Waals surface area contributed by atoms with Crippen molar-refractivity contribution >= 4 is 27.5 Å². The monoisotopic (exact) mass is 309 g/mol. The van der Waals surface area contributed by atoms with E-state index in [-0.39, 0.29) is 6.54 Å². The predicted octanol–water partition coefficient (Wildman–Crippen LogP) is 1.14. The highest BCUT2D eigenvalue weighted by Crippen LogP contribution is 2.12. The number of aromatic nitrogens is 3. The van der Waals surface area contributed by atoms with Crippen molar-refractivity contribution < 1.29 is 4.79 Å². The van der Waals surface area contributed by atoms with E-state index in [0.717, 1.165) is 15.7 Å². The van der Waals surface area contributed by atoms with E-state index in [2.05, 4.69) is 31.3 Å². The normalized spacial score (nSPS) is 10.3. The van der Waals surface area contributed by atoms with Crippen molar-refractivity contribution in [1.82, 2.24) is 14.8 Å². The Morgan fingerprint density at radius 1 is 1.44 bits per heavy atom. The highest BCUT2D eigenvalue weighted by molar-refractivity contribution is 9.10. The Labute approximate surface area is 112 Å². The molecule has 0 radical (unpaired) electrons. The first-order valence-corrected chi connectivity index (χ1v) is 6.07. The molecule has 7 heteroatoms. The average molecular weight is 310 g/mol. The summed E-state index contributed by atoms with van der Waals surface area (Å²) in [5.74, 6) is -0.416. The summed E-state index contributed by atoms with van der Waals surface area (Å²) in [6.45, 7) is 0.717. The molecular weight excluding hydrogens is 298 g/mol. The van der Waals surface area contributed by atoms with Crippen LogP contribution in [0.2, 0.25) is 0 Å². The molecule has 2 heterocycles. The van der Waals surface area contributed by atoms with Crippen LogP contribution in [0.15, 0.2) is 35.3 Å². The van der Waals surface area contributed by atoms with Crippen LogP contribution in [-0.4, -0.2) is 20.7 Å². The second-order valence-corrected chi connectivity index (χ2v) is 4.67. The Bertz CT molecular complexity index is 554. The standard InChI is InChI=1S/C11H12BrN5O/c12-9-1-8(2-14-4-9)3-15-10-5-16-17(6-10)7-11(13)18/h1-2,4-6,15H,3,7H2,(H2,13,18). The molecule has 18 heavy (non-hydrogen) atoms. The summed E-state index contributed by atoms with van der Waals surface area (Å²) in [7, 11) is 0. The largest absolute Gasteiger partial charge is 0.378 e. The molecule has 0 aromatic carbocycles. The zero-order chi connectivity index (χ0) is 13.0. The van der Waals surface area contributed by atoms with E-state index in [4.69, 9.17) is 5.73 Å². The van der Waals surface area contributed by atoms with Gasteiger partial charge in [0.2, 0.25) is 5.91 Å². The lowest BCUT2D eigenvalue weighted by Gasteiger charge is -2.03. The minimum Gasteiger partial charge on any atom is -0.378 e. The number of hydrogen-bond donors (Lipinski definition) is 2. The fourth-order valence-corrected chi connectivity index (χ4v) is 1.87. The highest BCUT2D eigenvalue weighted by Gasteiger charge is 2.01. The summed E-state index contributed by atoms with van der Waals surface area (Å²) in [6.07, 6.45) is 6.89. The third kappa shape index (κ3) is 3.56. The number of halogens is 1. The molecule has 0 fully saturated rings. The number of carbonyl (C=O) groups excluding carboxylic acids is 1. The van der Waals surface area contributed by atoms with Crippen molar-refractivity contribution in [2.24, 2.45) is 5.73 Å². The van der Waals surface area contributed by atoms with E-state index < -0.39 is 5.91 Å². The number of pyridine rings is 1. The minimum absolute atomic E-state index is 0.0835. The maximum absolute atomic E-state index is 10.7. The average Bonchev–Trinajstić information content (AvgIpc) is 2.73. The van der Waals surface area contributed by atoms with Gasteiger partial charge in [0.1, 0.15) is 6.54 Å². The Morgan fingerprint density at radius 3 is 3.00 bits per heavy atom. The van der Waals surface area contributed by atoms with Gasteiger partial charge in [0.05, 0.1) is 11.9 Å². The lowest BCUT2D eigenvalue weighted by atomic mass is 10.3. The third-order valence-corrected chi connectivity index (χ3v) is 2.64. The first-order chi connectivity index (χ1) is 8.63. The molecule has 0 aliphatic carbocycles. The van der Waals surface area contributed by atoms with Crippen LogP contribution in [0.4, 0.5) is 5.69 Å². The van der Waals surface area contributed by atoms with Crippen molar-refractivity contribution in [1.29, 1.82) is 0 Å². The van der Waals surface area contributed by atoms with Crippen LogP contribution in [0.1, 0.15) is 5.56 Å². The van der Waals surface area contributed by atoms with Crippen molar-refractivity contribution in [3.05, 3.63) is 40.9 Å². The van der Waals surface area contributed by atoms with E-state index in [1.807, 2.05) is 6.07 Å². The number of rotatable bonds is 5. The lowest BCUT2D eigenvalue weighted by Crippen LogP contribution is -2.18. The Hall–Kier alpha value is -1.89. The van der Waals surface area contributed by atoms with Gasteiger partial charge in [-0.15, -0.1) is 0 Å². The van der Waals surface area contributed by atoms with E-state index in [1.165, 1.54) is 4.68 Å². The Kier molecular flexibility index (Phi) is 3.93. The van der Waals surface area contributed by atoms with Gasteiger partial charge in [-0.1, -0.05) is 0 Å². The Morgan fingerprint density at radius 2 is 2.28 bits per heavy atom. The maximum atomic E-state index is 10.7. The second-order valence-electron chi connectivity index (χ2n) is 3.76. The van der Waals surface area contributed by atoms with Crippen molar-refractivity contribution in [3.8, 4) is 0 Å². The third-order valence-electron chi connectivity index (χ3n) is 2.21. The van der Waals surface area contributed by atoms with Gasteiger partial charge in [0.25, 0.3) is 0 Å². The predicted molar refractivity (Wildman–Crippen MR) is 70.7 cm³/mol. The van der Waals surface area contributed by atoms with Gasteiger partial charge in [0.15, 0.2) is 0 Å². The summed E-state index contributed by atoms with van der Waals surface area (Å²) in [4.78, 5) is 14.8. The molecule has 0 atom stereocenters. The highest BCUT2D eigenvalue weighted by atomic mass is 79.9. The van der Waals surface area contributed by atoms with Crippen LogP contribution in [0.5, 0.6) is 0 Å². The molecule has 0 saturated carbocycles. The van der Waals surface area contributed by atoms with Gasteiger partial charge in [0, 0.05) is 29.6 Å². The van der Waals surface area contributed by atoms with Gasteiger partial charge in [-0.2, -0.15) is 5.10 Å². The number of nitrogens with two attached hydrogens (primary N) is 1. The topological polar surface area (TPSA) is 85.8 Å². The number of carbonyl (C=O) groups is 1. The van der Waals surface area contributed by atoms with Crippen LogP contribution >= 0.6 is 15.9 Å². The van der Waals surface area contributed by atoms with Crippen molar-refractivity contribution in [2.45, 2.75) is 13.1 Å². The lowest BCUT2D eigenvalue weighted by molar-refractivity contribution is -0.118. The van der Waals surface area contributed by atoms with E-state index >= 15 is 0 Å². The van der Waals surface area contributed by atoms with Crippen molar-refractivity contribution in [2.75, 3.05) is 5.32 Å². The van der Waals surface area contributed by atoms with Gasteiger partial charge in [-0.05, 0) is 27.6 Å². The van der Waals surface area contributed by atoms with Gasteiger partial charge < -0.3 is 11.1 Å². The summed E-state index contributed by atoms with van der Waals surface area (Å²) >= 11 is 3.36. The van der Waals surface area contributed by atoms with Crippen LogP contribution in [0.3, 0.4) is 0 Å². The summed E-state index contributed by atoms with van der Waals surface area (Å²) in [6, 6.07) is 1.98. The number of primary amides is 1. The van der Waals surface area contributed by atoms with E-state index in [9.17, 15) is 4.79 Å². The molecule has 2 aromatic heterocycles. The molecule has 0 bridgehead atoms. The molecule has 3 N–H and O–H groups in total. The van der Waals surface area contributed by atoms with Crippen LogP contribution in [-0.2, 0) is 17.9 Å². The van der Waals surface area contributed by atoms with E-state index in [1.54, 1.807) is 24.8 Å². The molecule has 6 nitrogen and oxygen atoms in total. The van der Waals surface area contributed by atoms with Crippen LogP contribution in [0.25, 0.3) is 0 Å². The molecule has 0 aliphatic rings. The number of amides is 1. The first kappa shape index (κ1) is 12.6. The molecule has 0 unspecified atom stereocenters. The van der Waals surface area contributed by atoms with Gasteiger partial charge >= 0.3 is 0 Å². The number of hydrogen-bond acceptors (Lipinski definition) is 4. The zero-order valence-electron chi connectivity index (χ0n) is 9.51. The van der Waals surface area contributed by atoms with Crippen LogP contribution in [0, 0.1) is 0 Å². The number of nitrogens with zero attached hydrogens (tertiary/aromatic N) is 3. The molecular formula is C11H12BrN5O. The maximum Gasteiger partial charge on any atom is 0.239 e. The van der Waals surface area contributed by atoms with Gasteiger partial charge in [-0.25, -0.2) is 0 Å².